The summed E-state index contributed by atoms with van der Waals surface area (Å²) >= 11 is 0. The molecule has 0 aliphatic rings. The zero-order valence-electron chi connectivity index (χ0n) is 34.2. The Kier molecular flexibility index (Phi) is 8.79. The normalized spacial score (nSPS) is 11.5. The van der Waals surface area contributed by atoms with Crippen LogP contribution in [0.25, 0.3) is 117 Å². The lowest BCUT2D eigenvalue weighted by atomic mass is 9.91. The molecule has 0 bridgehead atoms. The molecular formula is C59H38N4. The average molecular weight is 803 g/mol. The van der Waals surface area contributed by atoms with E-state index in [4.69, 9.17) is 15.0 Å². The van der Waals surface area contributed by atoms with Crippen LogP contribution in [0.2, 0.25) is 0 Å². The monoisotopic (exact) mass is 802 g/mol. The highest BCUT2D eigenvalue weighted by molar-refractivity contribution is 6.11. The molecule has 2 aromatic heterocycles. The van der Waals surface area contributed by atoms with Gasteiger partial charge in [0.15, 0.2) is 17.5 Å². The van der Waals surface area contributed by atoms with Crippen molar-refractivity contribution in [3.8, 4) is 73.2 Å². The van der Waals surface area contributed by atoms with Gasteiger partial charge in [-0.25, -0.2) is 15.0 Å². The van der Waals surface area contributed by atoms with E-state index in [2.05, 4.69) is 205 Å². The minimum absolute atomic E-state index is 0.623. The molecule has 0 saturated heterocycles. The Morgan fingerprint density at radius 3 is 1.38 bits per heavy atom. The van der Waals surface area contributed by atoms with E-state index in [1.165, 1.54) is 60.1 Å². The number of hydrogen-bond donors (Lipinski definition) is 0. The Morgan fingerprint density at radius 2 is 0.714 bits per heavy atom. The van der Waals surface area contributed by atoms with Gasteiger partial charge in [-0.15, -0.1) is 0 Å². The maximum absolute atomic E-state index is 5.13. The van der Waals surface area contributed by atoms with Gasteiger partial charge in [-0.05, 0) is 97.4 Å². The van der Waals surface area contributed by atoms with Crippen LogP contribution < -0.4 is 0 Å². The van der Waals surface area contributed by atoms with E-state index in [1.54, 1.807) is 0 Å². The second kappa shape index (κ2) is 15.2. The van der Waals surface area contributed by atoms with Crippen molar-refractivity contribution in [2.75, 3.05) is 0 Å². The molecule has 0 unspecified atom stereocenters. The van der Waals surface area contributed by atoms with Crippen molar-refractivity contribution in [3.63, 3.8) is 0 Å². The van der Waals surface area contributed by atoms with Crippen molar-refractivity contribution in [3.05, 3.63) is 231 Å². The van der Waals surface area contributed by atoms with E-state index in [0.29, 0.717) is 17.5 Å². The highest BCUT2D eigenvalue weighted by Crippen LogP contribution is 2.39. The van der Waals surface area contributed by atoms with Crippen molar-refractivity contribution < 1.29 is 0 Å². The van der Waals surface area contributed by atoms with Gasteiger partial charge in [-0.1, -0.05) is 188 Å². The summed E-state index contributed by atoms with van der Waals surface area (Å²) in [5.74, 6) is 1.88. The zero-order chi connectivity index (χ0) is 41.7. The van der Waals surface area contributed by atoms with Gasteiger partial charge in [0.25, 0.3) is 0 Å². The van der Waals surface area contributed by atoms with Crippen LogP contribution in [0.15, 0.2) is 231 Å². The largest absolute Gasteiger partial charge is 0.309 e. The number of para-hydroxylation sites is 1. The average Bonchev–Trinajstić information content (AvgIpc) is 3.70. The molecule has 0 fully saturated rings. The summed E-state index contributed by atoms with van der Waals surface area (Å²) in [6.07, 6.45) is 0. The predicted molar refractivity (Wildman–Crippen MR) is 262 cm³/mol. The summed E-state index contributed by atoms with van der Waals surface area (Å²) in [5.41, 5.74) is 13.4. The fraction of sp³-hybridized carbons (Fsp3) is 0. The van der Waals surface area contributed by atoms with E-state index in [9.17, 15) is 0 Å². The molecule has 2 heterocycles. The molecular weight excluding hydrogens is 765 g/mol. The van der Waals surface area contributed by atoms with Crippen molar-refractivity contribution in [1.82, 2.24) is 19.5 Å². The first-order valence-corrected chi connectivity index (χ1v) is 21.4. The standard InChI is InChI=1S/C59H38N4/c1-3-14-40(15-4-1)50-25-12-20-42-21-13-26-51(56(42)50)41-28-30-44(31-29-41)58-60-57(43-17-5-2-6-18-43)61-59(62-58)45-32-35-47(36-33-45)63-54-27-10-9-23-52(54)53-38-46(34-37-55(53)63)49-24-11-19-39-16-7-8-22-48(39)49/h1-38H. The summed E-state index contributed by atoms with van der Waals surface area (Å²) in [6, 6.07) is 81.8. The van der Waals surface area contributed by atoms with Gasteiger partial charge in [-0.3, -0.25) is 0 Å². The van der Waals surface area contributed by atoms with Crippen LogP contribution in [-0.2, 0) is 0 Å². The van der Waals surface area contributed by atoms with E-state index >= 15 is 0 Å². The first-order chi connectivity index (χ1) is 31.2. The minimum atomic E-state index is 0.623. The number of benzene rings is 10. The van der Waals surface area contributed by atoms with E-state index < -0.39 is 0 Å². The Balaban J connectivity index is 0.929. The lowest BCUT2D eigenvalue weighted by molar-refractivity contribution is 1.07. The molecule has 4 nitrogen and oxygen atoms in total. The summed E-state index contributed by atoms with van der Waals surface area (Å²) in [5, 5.41) is 7.39. The first-order valence-electron chi connectivity index (χ1n) is 21.4. The van der Waals surface area contributed by atoms with Crippen LogP contribution in [0.3, 0.4) is 0 Å². The van der Waals surface area contributed by atoms with Crippen LogP contribution >= 0.6 is 0 Å². The highest BCUT2D eigenvalue weighted by Gasteiger charge is 2.17. The maximum atomic E-state index is 5.13. The maximum Gasteiger partial charge on any atom is 0.164 e. The summed E-state index contributed by atoms with van der Waals surface area (Å²) < 4.78 is 2.36. The lowest BCUT2D eigenvalue weighted by Gasteiger charge is -2.13. The topological polar surface area (TPSA) is 43.6 Å². The van der Waals surface area contributed by atoms with Gasteiger partial charge in [0.2, 0.25) is 0 Å². The molecule has 10 aromatic carbocycles. The van der Waals surface area contributed by atoms with Gasteiger partial charge in [-0.2, -0.15) is 0 Å². The number of fused-ring (bicyclic) bond motifs is 5. The lowest BCUT2D eigenvalue weighted by Crippen LogP contribution is -2.00. The Labute approximate surface area is 365 Å². The van der Waals surface area contributed by atoms with Crippen LogP contribution in [0.4, 0.5) is 0 Å². The van der Waals surface area contributed by atoms with Crippen molar-refractivity contribution in [1.29, 1.82) is 0 Å². The fourth-order valence-electron chi connectivity index (χ4n) is 9.24. The number of hydrogen-bond acceptors (Lipinski definition) is 3. The van der Waals surface area contributed by atoms with Gasteiger partial charge in [0.05, 0.1) is 11.0 Å². The van der Waals surface area contributed by atoms with Crippen molar-refractivity contribution >= 4 is 43.4 Å². The molecule has 294 valence electrons. The second-order valence-corrected chi connectivity index (χ2v) is 16.0. The third kappa shape index (κ3) is 6.44. The third-order valence-corrected chi connectivity index (χ3v) is 12.3. The Morgan fingerprint density at radius 1 is 0.270 bits per heavy atom. The first kappa shape index (κ1) is 36.4. The summed E-state index contributed by atoms with van der Waals surface area (Å²) in [7, 11) is 0. The molecule has 0 aliphatic heterocycles. The molecule has 0 spiro atoms. The molecule has 0 amide bonds. The quantitative estimate of drug-likeness (QED) is 0.161. The molecule has 12 aromatic rings. The Hall–Kier alpha value is -8.47. The third-order valence-electron chi connectivity index (χ3n) is 12.3. The molecule has 0 N–H and O–H groups in total. The second-order valence-electron chi connectivity index (χ2n) is 16.0. The zero-order valence-corrected chi connectivity index (χ0v) is 34.2. The van der Waals surface area contributed by atoms with Crippen LogP contribution in [0, 0.1) is 0 Å². The molecule has 0 saturated carbocycles. The van der Waals surface area contributed by atoms with E-state index in [-0.39, 0.29) is 0 Å². The van der Waals surface area contributed by atoms with Crippen molar-refractivity contribution in [2.45, 2.75) is 0 Å². The number of rotatable bonds is 7. The predicted octanol–water partition coefficient (Wildman–Crippen LogP) is 15.3. The molecule has 0 aliphatic carbocycles. The van der Waals surface area contributed by atoms with E-state index in [0.717, 1.165) is 39.0 Å². The van der Waals surface area contributed by atoms with Gasteiger partial charge in [0, 0.05) is 33.2 Å². The number of nitrogens with zero attached hydrogens (tertiary/aromatic N) is 4. The van der Waals surface area contributed by atoms with E-state index in [1.807, 2.05) is 30.3 Å². The van der Waals surface area contributed by atoms with Gasteiger partial charge >= 0.3 is 0 Å². The number of aromatic nitrogens is 4. The van der Waals surface area contributed by atoms with Crippen molar-refractivity contribution in [2.24, 2.45) is 0 Å². The highest BCUT2D eigenvalue weighted by atomic mass is 15.0. The Bertz CT molecular complexity index is 3640. The molecule has 4 heteroatoms. The minimum Gasteiger partial charge on any atom is -0.309 e. The van der Waals surface area contributed by atoms with Crippen LogP contribution in [0.5, 0.6) is 0 Å². The molecule has 63 heavy (non-hydrogen) atoms. The smallest absolute Gasteiger partial charge is 0.164 e. The van der Waals surface area contributed by atoms with Gasteiger partial charge in [0.1, 0.15) is 0 Å². The van der Waals surface area contributed by atoms with Crippen LogP contribution in [-0.4, -0.2) is 19.5 Å². The van der Waals surface area contributed by atoms with Crippen LogP contribution in [0.1, 0.15) is 0 Å². The molecule has 0 atom stereocenters. The molecule has 12 rings (SSSR count). The summed E-state index contributed by atoms with van der Waals surface area (Å²) in [6.45, 7) is 0. The van der Waals surface area contributed by atoms with Gasteiger partial charge < -0.3 is 4.57 Å². The summed E-state index contributed by atoms with van der Waals surface area (Å²) in [4.78, 5) is 15.2. The molecule has 0 radical (unpaired) electrons. The fourth-order valence-corrected chi connectivity index (χ4v) is 9.24. The SMILES string of the molecule is c1ccc(-c2nc(-c3ccc(-c4cccc5cccc(-c6ccccc6)c45)cc3)nc(-c3ccc(-n4c5ccccc5c5cc(-c6cccc7ccccc67)ccc54)cc3)n2)cc1.